The van der Waals surface area contributed by atoms with Gasteiger partial charge in [0.25, 0.3) is 0 Å². The smallest absolute Gasteiger partial charge is 0.336 e. The van der Waals surface area contributed by atoms with Crippen LogP contribution in [0, 0.1) is 0 Å². The average Bonchev–Trinajstić information content (AvgIpc) is 3.06. The Morgan fingerprint density at radius 1 is 1.00 bits per heavy atom. The third-order valence-corrected chi connectivity index (χ3v) is 4.46. The molecule has 0 spiro atoms. The molecule has 0 aliphatic carbocycles. The molecule has 1 aromatic heterocycles. The first-order chi connectivity index (χ1) is 12.6. The van der Waals surface area contributed by atoms with Gasteiger partial charge in [-0.1, -0.05) is 41.9 Å². The van der Waals surface area contributed by atoms with E-state index in [2.05, 4.69) is 15.5 Å². The number of H-pyrrole nitrogens is 1. The topological polar surface area (TPSA) is 78.0 Å². The number of fused-ring (bicyclic) bond motifs is 1. The first-order valence-corrected chi connectivity index (χ1v) is 8.33. The van der Waals surface area contributed by atoms with Gasteiger partial charge in [0.05, 0.1) is 21.8 Å². The molecule has 144 valence electrons. The number of carboxylic acid groups (broad SMARTS) is 1. The maximum absolute atomic E-state index is 11.5. The summed E-state index contributed by atoms with van der Waals surface area (Å²) in [5, 5.41) is 21.5. The van der Waals surface area contributed by atoms with Crippen molar-refractivity contribution in [1.29, 1.82) is 0 Å². The summed E-state index contributed by atoms with van der Waals surface area (Å²) in [6, 6.07) is 20.1. The van der Waals surface area contributed by atoms with Crippen molar-refractivity contribution in [3.05, 3.63) is 77.3 Å². The van der Waals surface area contributed by atoms with Gasteiger partial charge < -0.3 is 10.4 Å². The number of carbonyl (C=O) groups is 1. The van der Waals surface area contributed by atoms with Crippen LogP contribution in [0.2, 0.25) is 5.02 Å². The third kappa shape index (κ3) is 4.07. The Hall–Kier alpha value is -2.73. The summed E-state index contributed by atoms with van der Waals surface area (Å²) in [5.41, 5.74) is 3.88. The summed E-state index contributed by atoms with van der Waals surface area (Å²) in [7, 11) is 0. The van der Waals surface area contributed by atoms with Crippen molar-refractivity contribution in [1.82, 2.24) is 10.2 Å². The Labute approximate surface area is 178 Å². The van der Waals surface area contributed by atoms with Crippen LogP contribution in [0.4, 0.5) is 11.4 Å². The molecule has 0 fully saturated rings. The molecule has 0 saturated carbocycles. The van der Waals surface area contributed by atoms with Crippen LogP contribution >= 0.6 is 36.4 Å². The van der Waals surface area contributed by atoms with E-state index in [-0.39, 0.29) is 30.4 Å². The van der Waals surface area contributed by atoms with Gasteiger partial charge in [0.15, 0.2) is 0 Å². The second-order valence-corrected chi connectivity index (χ2v) is 6.20. The normalized spacial score (nSPS) is 10.0. The summed E-state index contributed by atoms with van der Waals surface area (Å²) >= 11 is 6.19. The van der Waals surface area contributed by atoms with E-state index in [1.165, 1.54) is 0 Å². The van der Waals surface area contributed by atoms with Crippen LogP contribution in [0.15, 0.2) is 66.7 Å². The minimum absolute atomic E-state index is 0. The lowest BCUT2D eigenvalue weighted by Gasteiger charge is -2.08. The van der Waals surface area contributed by atoms with Crippen LogP contribution in [-0.4, -0.2) is 21.3 Å². The van der Waals surface area contributed by atoms with Crippen molar-refractivity contribution in [2.24, 2.45) is 0 Å². The number of nitrogens with one attached hydrogen (secondary N) is 2. The second kappa shape index (κ2) is 8.97. The highest BCUT2D eigenvalue weighted by Crippen LogP contribution is 2.32. The molecule has 0 aliphatic heterocycles. The van der Waals surface area contributed by atoms with Gasteiger partial charge >= 0.3 is 5.97 Å². The molecule has 1 heterocycles. The number of nitrogens with zero attached hydrogens (tertiary/aromatic N) is 1. The summed E-state index contributed by atoms with van der Waals surface area (Å²) in [6.45, 7) is 0. The van der Waals surface area contributed by atoms with Crippen LogP contribution in [0.5, 0.6) is 0 Å². The van der Waals surface area contributed by atoms with Crippen molar-refractivity contribution in [3.8, 4) is 11.3 Å². The molecule has 0 radical (unpaired) electrons. The number of para-hydroxylation sites is 1. The molecular formula is C20H16Cl3N3O2. The van der Waals surface area contributed by atoms with Crippen LogP contribution in [0.3, 0.4) is 0 Å². The predicted octanol–water partition coefficient (Wildman–Crippen LogP) is 6.17. The molecule has 0 unspecified atom stereocenters. The summed E-state index contributed by atoms with van der Waals surface area (Å²) in [5.74, 6) is -0.978. The molecule has 28 heavy (non-hydrogen) atoms. The fraction of sp³-hybridized carbons (Fsp3) is 0. The van der Waals surface area contributed by atoms with Crippen molar-refractivity contribution < 1.29 is 9.90 Å². The number of anilines is 2. The zero-order chi connectivity index (χ0) is 18.1. The SMILES string of the molecule is Cl.Cl.O=C(O)c1ccccc1-c1n[nH]c2cc(Nc3ccccc3Cl)ccc12. The number of aromatic amines is 1. The zero-order valence-electron chi connectivity index (χ0n) is 14.3. The Kier molecular flexibility index (Phi) is 6.91. The lowest BCUT2D eigenvalue weighted by atomic mass is 10.0. The van der Waals surface area contributed by atoms with Crippen molar-refractivity contribution >= 4 is 64.7 Å². The molecule has 0 aliphatic rings. The van der Waals surface area contributed by atoms with E-state index in [1.807, 2.05) is 42.5 Å². The first kappa shape index (κ1) is 21.6. The van der Waals surface area contributed by atoms with Crippen LogP contribution < -0.4 is 5.32 Å². The van der Waals surface area contributed by atoms with E-state index in [4.69, 9.17) is 11.6 Å². The second-order valence-electron chi connectivity index (χ2n) is 5.79. The van der Waals surface area contributed by atoms with Crippen LogP contribution in [-0.2, 0) is 0 Å². The first-order valence-electron chi connectivity index (χ1n) is 7.96. The highest BCUT2D eigenvalue weighted by molar-refractivity contribution is 6.33. The predicted molar refractivity (Wildman–Crippen MR) is 118 cm³/mol. The van der Waals surface area contributed by atoms with Crippen molar-refractivity contribution in [3.63, 3.8) is 0 Å². The lowest BCUT2D eigenvalue weighted by molar-refractivity contribution is 0.0697. The van der Waals surface area contributed by atoms with Gasteiger partial charge in [0.2, 0.25) is 0 Å². The summed E-state index contributed by atoms with van der Waals surface area (Å²) in [6.07, 6.45) is 0. The maximum atomic E-state index is 11.5. The van der Waals surface area contributed by atoms with Crippen molar-refractivity contribution in [2.75, 3.05) is 5.32 Å². The molecule has 4 rings (SSSR count). The molecule has 5 nitrogen and oxygen atoms in total. The van der Waals surface area contributed by atoms with E-state index in [0.717, 1.165) is 22.3 Å². The number of hydrogen-bond donors (Lipinski definition) is 3. The number of hydrogen-bond acceptors (Lipinski definition) is 3. The highest BCUT2D eigenvalue weighted by Gasteiger charge is 2.16. The Morgan fingerprint density at radius 3 is 2.46 bits per heavy atom. The number of aromatic carboxylic acids is 1. The highest BCUT2D eigenvalue weighted by atomic mass is 35.5. The van der Waals surface area contributed by atoms with Gasteiger partial charge in [-0.25, -0.2) is 4.79 Å². The van der Waals surface area contributed by atoms with E-state index in [9.17, 15) is 9.90 Å². The van der Waals surface area contributed by atoms with Gasteiger partial charge in [0.1, 0.15) is 5.69 Å². The molecule has 0 atom stereocenters. The van der Waals surface area contributed by atoms with Crippen LogP contribution in [0.25, 0.3) is 22.2 Å². The average molecular weight is 437 g/mol. The number of carboxylic acids is 1. The van der Waals surface area contributed by atoms with E-state index < -0.39 is 5.97 Å². The standard InChI is InChI=1S/C20H14ClN3O2.2ClH/c21-16-7-3-4-8-17(16)22-12-9-10-15-18(11-12)23-24-19(15)13-5-1-2-6-14(13)20(25)26;;/h1-11,22H,(H,23,24)(H,25,26);2*1H. The fourth-order valence-electron chi connectivity index (χ4n) is 2.90. The minimum Gasteiger partial charge on any atom is -0.478 e. The Morgan fingerprint density at radius 2 is 1.71 bits per heavy atom. The molecule has 8 heteroatoms. The monoisotopic (exact) mass is 435 g/mol. The Balaban J connectivity index is 0.00000140. The Bertz CT molecular complexity index is 1130. The molecule has 3 aromatic carbocycles. The van der Waals surface area contributed by atoms with Gasteiger partial charge in [0, 0.05) is 16.6 Å². The van der Waals surface area contributed by atoms with E-state index >= 15 is 0 Å². The number of halogens is 3. The zero-order valence-corrected chi connectivity index (χ0v) is 16.7. The third-order valence-electron chi connectivity index (χ3n) is 4.13. The fourth-order valence-corrected chi connectivity index (χ4v) is 3.08. The van der Waals surface area contributed by atoms with E-state index in [0.29, 0.717) is 16.3 Å². The molecule has 0 amide bonds. The van der Waals surface area contributed by atoms with Crippen molar-refractivity contribution in [2.45, 2.75) is 0 Å². The molecule has 4 aromatic rings. The molecule has 0 bridgehead atoms. The summed E-state index contributed by atoms with van der Waals surface area (Å²) in [4.78, 5) is 11.5. The lowest BCUT2D eigenvalue weighted by Crippen LogP contribution is -1.99. The number of aromatic nitrogens is 2. The van der Waals surface area contributed by atoms with Gasteiger partial charge in [-0.2, -0.15) is 5.10 Å². The quantitative estimate of drug-likeness (QED) is 0.357. The minimum atomic E-state index is -0.978. The van der Waals surface area contributed by atoms with Gasteiger partial charge in [-0.05, 0) is 36.4 Å². The molecule has 0 saturated heterocycles. The number of rotatable bonds is 4. The van der Waals surface area contributed by atoms with Gasteiger partial charge in [-0.15, -0.1) is 24.8 Å². The van der Waals surface area contributed by atoms with E-state index in [1.54, 1.807) is 24.3 Å². The summed E-state index contributed by atoms with van der Waals surface area (Å²) < 4.78 is 0. The van der Waals surface area contributed by atoms with Crippen LogP contribution in [0.1, 0.15) is 10.4 Å². The molecule has 3 N–H and O–H groups in total. The maximum Gasteiger partial charge on any atom is 0.336 e. The molecular weight excluding hydrogens is 421 g/mol. The largest absolute Gasteiger partial charge is 0.478 e. The van der Waals surface area contributed by atoms with Gasteiger partial charge in [-0.3, -0.25) is 5.10 Å². The number of benzene rings is 3.